The predicted molar refractivity (Wildman–Crippen MR) is 80.0 cm³/mol. The first-order valence-electron chi connectivity index (χ1n) is 6.72. The third-order valence-electron chi connectivity index (χ3n) is 2.97. The monoisotopic (exact) mass is 314 g/mol. The molecule has 0 bridgehead atoms. The summed E-state index contributed by atoms with van der Waals surface area (Å²) < 4.78 is 36.0. The molecule has 0 heterocycles. The minimum Gasteiger partial charge on any atom is -0.486 e. The summed E-state index contributed by atoms with van der Waals surface area (Å²) in [5, 5.41) is 0. The number of rotatable bonds is 6. The Bertz CT molecular complexity index is 581. The van der Waals surface area contributed by atoms with Gasteiger partial charge in [-0.05, 0) is 36.1 Å². The van der Waals surface area contributed by atoms with Gasteiger partial charge in [-0.3, -0.25) is 9.35 Å². The van der Waals surface area contributed by atoms with Crippen molar-refractivity contribution in [3.8, 4) is 5.75 Å². The van der Waals surface area contributed by atoms with E-state index in [2.05, 4.69) is 20.8 Å². The highest BCUT2D eigenvalue weighted by molar-refractivity contribution is 7.85. The molecule has 1 atom stereocenters. The maximum absolute atomic E-state index is 12.0. The maximum Gasteiger partial charge on any atom is 0.294 e. The highest BCUT2D eigenvalue weighted by atomic mass is 32.2. The molecule has 0 fully saturated rings. The Morgan fingerprint density at radius 2 is 1.76 bits per heavy atom. The molecule has 6 heteroatoms. The second-order valence-corrected chi connectivity index (χ2v) is 7.79. The van der Waals surface area contributed by atoms with Gasteiger partial charge in [0.1, 0.15) is 12.4 Å². The van der Waals surface area contributed by atoms with Crippen molar-refractivity contribution in [1.29, 1.82) is 0 Å². The van der Waals surface area contributed by atoms with Gasteiger partial charge in [0.25, 0.3) is 10.1 Å². The second-order valence-electron chi connectivity index (χ2n) is 6.37. The number of carbonyl (C=O) groups is 1. The molecule has 1 aromatic carbocycles. The summed E-state index contributed by atoms with van der Waals surface area (Å²) >= 11 is 0. The van der Waals surface area contributed by atoms with Gasteiger partial charge in [-0.25, -0.2) is 0 Å². The number of hydrogen-bond donors (Lipinski definition) is 1. The van der Waals surface area contributed by atoms with Gasteiger partial charge in [0.2, 0.25) is 0 Å². The van der Waals surface area contributed by atoms with Crippen LogP contribution in [0.2, 0.25) is 0 Å². The van der Waals surface area contributed by atoms with Crippen molar-refractivity contribution in [1.82, 2.24) is 0 Å². The molecule has 0 aliphatic carbocycles. The first kappa shape index (κ1) is 17.7. The molecular formula is C15H22O5S. The molecule has 0 saturated heterocycles. The number of benzene rings is 1. The average molecular weight is 314 g/mol. The lowest BCUT2D eigenvalue weighted by Gasteiger charge is -2.22. The van der Waals surface area contributed by atoms with Crippen LogP contribution in [0.5, 0.6) is 5.75 Å². The van der Waals surface area contributed by atoms with Gasteiger partial charge in [-0.2, -0.15) is 8.42 Å². The van der Waals surface area contributed by atoms with Gasteiger partial charge in [0.15, 0.2) is 5.78 Å². The van der Waals surface area contributed by atoms with E-state index in [1.807, 2.05) is 6.92 Å². The topological polar surface area (TPSA) is 80.7 Å². The zero-order valence-corrected chi connectivity index (χ0v) is 13.6. The largest absolute Gasteiger partial charge is 0.486 e. The van der Waals surface area contributed by atoms with Crippen molar-refractivity contribution in [3.05, 3.63) is 24.3 Å². The molecule has 1 rings (SSSR count). The fourth-order valence-electron chi connectivity index (χ4n) is 2.04. The summed E-state index contributed by atoms with van der Waals surface area (Å²) in [7, 11) is -4.21. The van der Waals surface area contributed by atoms with Crippen LogP contribution in [-0.4, -0.2) is 25.4 Å². The zero-order valence-electron chi connectivity index (χ0n) is 12.8. The van der Waals surface area contributed by atoms with Gasteiger partial charge in [-0.1, -0.05) is 27.7 Å². The Balaban J connectivity index is 2.58. The van der Waals surface area contributed by atoms with E-state index in [0.29, 0.717) is 5.75 Å². The van der Waals surface area contributed by atoms with Crippen LogP contribution in [0.3, 0.4) is 0 Å². The van der Waals surface area contributed by atoms with Crippen molar-refractivity contribution in [2.45, 2.75) is 39.0 Å². The molecule has 21 heavy (non-hydrogen) atoms. The molecule has 0 aliphatic heterocycles. The normalized spacial score (nSPS) is 13.8. The van der Waals surface area contributed by atoms with Crippen molar-refractivity contribution in [2.24, 2.45) is 11.3 Å². The Labute approximate surface area is 126 Å². The van der Waals surface area contributed by atoms with E-state index in [9.17, 15) is 13.2 Å². The van der Waals surface area contributed by atoms with Gasteiger partial charge in [0, 0.05) is 5.92 Å². The second kappa shape index (κ2) is 6.58. The fraction of sp³-hybridized carbons (Fsp3) is 0.533. The summed E-state index contributed by atoms with van der Waals surface area (Å²) in [6.07, 6.45) is 0.775. The van der Waals surface area contributed by atoms with Crippen LogP contribution in [0, 0.1) is 11.3 Å². The zero-order chi connectivity index (χ0) is 16.3. The van der Waals surface area contributed by atoms with E-state index in [1.165, 1.54) is 24.3 Å². The first-order valence-corrected chi connectivity index (χ1v) is 8.16. The quantitative estimate of drug-likeness (QED) is 0.816. The van der Waals surface area contributed by atoms with Crippen LogP contribution < -0.4 is 4.74 Å². The molecule has 0 saturated carbocycles. The van der Waals surface area contributed by atoms with Crippen LogP contribution in [0.1, 0.15) is 34.1 Å². The minimum atomic E-state index is -4.21. The van der Waals surface area contributed by atoms with Crippen LogP contribution >= 0.6 is 0 Å². The molecular weight excluding hydrogens is 292 g/mol. The molecule has 0 aromatic heterocycles. The molecule has 1 N–H and O–H groups in total. The van der Waals surface area contributed by atoms with Crippen LogP contribution in [0.15, 0.2) is 29.2 Å². The Hall–Kier alpha value is -1.40. The predicted octanol–water partition coefficient (Wildman–Crippen LogP) is 2.95. The van der Waals surface area contributed by atoms with Crippen molar-refractivity contribution >= 4 is 15.9 Å². The number of hydrogen-bond acceptors (Lipinski definition) is 4. The van der Waals surface area contributed by atoms with Crippen molar-refractivity contribution < 1.29 is 22.5 Å². The standard InChI is InChI=1S/C15H22O5S/c1-11(9-15(2,3)4)14(16)10-20-12-5-7-13(8-6-12)21(17,18)19/h5-8,11H,9-10H2,1-4H3,(H,17,18,19). The molecule has 0 spiro atoms. The SMILES string of the molecule is CC(CC(C)(C)C)C(=O)COc1ccc(S(=O)(=O)O)cc1. The molecule has 0 aliphatic rings. The van der Waals surface area contributed by atoms with Crippen molar-refractivity contribution in [2.75, 3.05) is 6.61 Å². The Morgan fingerprint density at radius 3 is 2.19 bits per heavy atom. The van der Waals surface area contributed by atoms with E-state index in [4.69, 9.17) is 9.29 Å². The number of ketones is 1. The fourth-order valence-corrected chi connectivity index (χ4v) is 2.52. The van der Waals surface area contributed by atoms with Gasteiger partial charge >= 0.3 is 0 Å². The van der Waals surface area contributed by atoms with E-state index < -0.39 is 10.1 Å². The summed E-state index contributed by atoms with van der Waals surface area (Å²) in [6.45, 7) is 8.05. The summed E-state index contributed by atoms with van der Waals surface area (Å²) in [4.78, 5) is 11.8. The number of carbonyl (C=O) groups excluding carboxylic acids is 1. The smallest absolute Gasteiger partial charge is 0.294 e. The summed E-state index contributed by atoms with van der Waals surface area (Å²) in [6, 6.07) is 5.27. The number of ether oxygens (including phenoxy) is 1. The Morgan fingerprint density at radius 1 is 1.24 bits per heavy atom. The lowest BCUT2D eigenvalue weighted by atomic mass is 9.84. The van der Waals surface area contributed by atoms with Crippen LogP contribution in [0.4, 0.5) is 0 Å². The highest BCUT2D eigenvalue weighted by Gasteiger charge is 2.21. The molecule has 0 amide bonds. The lowest BCUT2D eigenvalue weighted by Crippen LogP contribution is -2.23. The Kier molecular flexibility index (Phi) is 5.53. The molecule has 1 aromatic rings. The van der Waals surface area contributed by atoms with Crippen LogP contribution in [0.25, 0.3) is 0 Å². The third-order valence-corrected chi connectivity index (χ3v) is 3.84. The van der Waals surface area contributed by atoms with Gasteiger partial charge in [-0.15, -0.1) is 0 Å². The first-order chi connectivity index (χ1) is 9.49. The molecule has 0 radical (unpaired) electrons. The minimum absolute atomic E-state index is 0.00350. The van der Waals surface area contributed by atoms with Gasteiger partial charge in [0.05, 0.1) is 4.90 Å². The average Bonchev–Trinajstić information content (AvgIpc) is 2.33. The molecule has 1 unspecified atom stereocenters. The van der Waals surface area contributed by atoms with Crippen molar-refractivity contribution in [3.63, 3.8) is 0 Å². The van der Waals surface area contributed by atoms with E-state index in [-0.39, 0.29) is 28.6 Å². The lowest BCUT2D eigenvalue weighted by molar-refractivity contribution is -0.125. The van der Waals surface area contributed by atoms with Gasteiger partial charge < -0.3 is 4.74 Å². The summed E-state index contributed by atoms with van der Waals surface area (Å²) in [5.74, 6) is 0.296. The highest BCUT2D eigenvalue weighted by Crippen LogP contribution is 2.25. The van der Waals surface area contributed by atoms with E-state index in [0.717, 1.165) is 6.42 Å². The number of Topliss-reactive ketones (excluding diaryl/α,β-unsaturated/α-hetero) is 1. The summed E-state index contributed by atoms with van der Waals surface area (Å²) in [5.41, 5.74) is 0.0756. The van der Waals surface area contributed by atoms with Crippen LogP contribution in [-0.2, 0) is 14.9 Å². The van der Waals surface area contributed by atoms with E-state index >= 15 is 0 Å². The third kappa shape index (κ3) is 6.27. The molecule has 118 valence electrons. The maximum atomic E-state index is 12.0. The molecule has 5 nitrogen and oxygen atoms in total. The van der Waals surface area contributed by atoms with E-state index in [1.54, 1.807) is 0 Å².